The number of phosphoric acid groups is 3. The second-order valence-corrected chi connectivity index (χ2v) is 23.3. The quantitative estimate of drug-likeness (QED) is 0.0312. The number of hydrogen-bond donors (Lipinski definition) is 10. The topological polar surface area (TPSA) is 512 Å². The van der Waals surface area contributed by atoms with Crippen LogP contribution in [0, 0.1) is 0 Å². The molecule has 3 aliphatic heterocycles. The Labute approximate surface area is 430 Å². The van der Waals surface area contributed by atoms with Gasteiger partial charge in [-0.25, -0.2) is 58.6 Å². The predicted molar refractivity (Wildman–Crippen MR) is 252 cm³/mol. The zero-order chi connectivity index (χ0) is 54.5. The third kappa shape index (κ3) is 11.8. The van der Waals surface area contributed by atoms with Gasteiger partial charge >= 0.3 is 30.2 Å². The lowest BCUT2D eigenvalue weighted by molar-refractivity contribution is -0.0657. The van der Waals surface area contributed by atoms with Crippen molar-refractivity contribution >= 4 is 92.9 Å². The molecule has 3 saturated heterocycles. The summed E-state index contributed by atoms with van der Waals surface area (Å²) in [5.74, 6) is -0.137. The standard InChI is InChI=1S/C34H47N15O22P4S/c1-60-21-15(6-63-72(52,53)62-4-3-50)67-33(48-12-45-18-27(36)39-9-42-30(18)48)24(21)70-74(56,57)64-5-14-20(51)23(32(66-14)47-11-44-17-26(35)38-8-41-29(17)47)69-73(54,55)65-7-16-22(61-2)25(71-75(58,59)76)34(68-16)49-13-46-19-28(37)40-10-43-31(19)49/h8-16,20-25,32-34,50-51H,3-7H2,1-2H3,(H,52,53)(H,54,55)(H,56,57)(H2,35,38,41)(H2,36,39,42)(H2,37,40,43)(H2,58,59,76)/t14-,15-,16-,20+,21+,22+,23?,24?,25?,32-,33-,34-/m1/s1. The lowest BCUT2D eigenvalue weighted by Gasteiger charge is -2.26. The third-order valence-electron chi connectivity index (χ3n) is 11.7. The molecule has 6 aromatic heterocycles. The van der Waals surface area contributed by atoms with Crippen LogP contribution in [0.5, 0.6) is 0 Å². The molecule has 6 unspecified atom stereocenters. The predicted octanol–water partition coefficient (Wildman–Crippen LogP) is -1.94. The maximum Gasteiger partial charge on any atom is 0.472 e. The van der Waals surface area contributed by atoms with Gasteiger partial charge in [0.2, 0.25) is 0 Å². The molecule has 0 bridgehead atoms. The normalized spacial score (nSPS) is 29.6. The molecule has 6 aromatic rings. The molecular formula is C34H47N15O22P4S. The molecule has 0 amide bonds. The second kappa shape index (κ2) is 22.4. The molecule has 76 heavy (non-hydrogen) atoms. The number of imidazole rings is 3. The smallest absolute Gasteiger partial charge is 0.394 e. The Hall–Kier alpha value is -4.37. The van der Waals surface area contributed by atoms with Crippen molar-refractivity contribution in [2.24, 2.45) is 0 Å². The molecule has 9 heterocycles. The van der Waals surface area contributed by atoms with Gasteiger partial charge in [-0.05, 0) is 11.8 Å². The van der Waals surface area contributed by atoms with E-state index in [1.54, 1.807) is 0 Å². The van der Waals surface area contributed by atoms with Crippen LogP contribution in [0.3, 0.4) is 0 Å². The Morgan fingerprint density at radius 3 is 1.32 bits per heavy atom. The maximum absolute atomic E-state index is 14.0. The highest BCUT2D eigenvalue weighted by Gasteiger charge is 2.55. The largest absolute Gasteiger partial charge is 0.472 e. The number of aromatic nitrogens is 12. The van der Waals surface area contributed by atoms with Crippen molar-refractivity contribution in [1.29, 1.82) is 0 Å². The molecule has 15 atom stereocenters. The number of nitrogen functional groups attached to an aromatic ring is 3. The van der Waals surface area contributed by atoms with Crippen molar-refractivity contribution in [2.45, 2.75) is 73.6 Å². The summed E-state index contributed by atoms with van der Waals surface area (Å²) in [6, 6.07) is 0. The van der Waals surface area contributed by atoms with Gasteiger partial charge in [0.1, 0.15) is 90.5 Å². The lowest BCUT2D eigenvalue weighted by Crippen LogP contribution is -2.38. The summed E-state index contributed by atoms with van der Waals surface area (Å²) in [5, 5.41) is 20.9. The number of ether oxygens (including phenoxy) is 5. The monoisotopic (exact) mass is 1170 g/mol. The molecule has 3 aliphatic rings. The van der Waals surface area contributed by atoms with E-state index in [9.17, 15) is 43.3 Å². The summed E-state index contributed by atoms with van der Waals surface area (Å²) in [5.41, 5.74) is 18.4. The van der Waals surface area contributed by atoms with E-state index in [1.165, 1.54) is 28.9 Å². The molecular weight excluding hydrogens is 1130 g/mol. The lowest BCUT2D eigenvalue weighted by atomic mass is 10.1. The van der Waals surface area contributed by atoms with Gasteiger partial charge in [-0.2, -0.15) is 0 Å². The van der Waals surface area contributed by atoms with Crippen molar-refractivity contribution in [3.63, 3.8) is 0 Å². The summed E-state index contributed by atoms with van der Waals surface area (Å²) in [6.45, 7) is -8.24. The molecule has 37 nitrogen and oxygen atoms in total. The van der Waals surface area contributed by atoms with E-state index in [4.69, 9.17) is 84.9 Å². The number of aliphatic hydroxyl groups excluding tert-OH is 2. The van der Waals surface area contributed by atoms with E-state index in [1.807, 2.05) is 0 Å². The van der Waals surface area contributed by atoms with E-state index in [-0.39, 0.29) is 50.9 Å². The van der Waals surface area contributed by atoms with Gasteiger partial charge in [0.05, 0.1) is 52.0 Å². The molecule has 9 rings (SSSR count). The number of fused-ring (bicyclic) bond motifs is 3. The van der Waals surface area contributed by atoms with Crippen LogP contribution in [0.4, 0.5) is 17.5 Å². The highest BCUT2D eigenvalue weighted by Crippen LogP contribution is 2.54. The Balaban J connectivity index is 0.943. The summed E-state index contributed by atoms with van der Waals surface area (Å²) < 4.78 is 111. The fourth-order valence-corrected chi connectivity index (χ4v) is 11.9. The van der Waals surface area contributed by atoms with Crippen molar-refractivity contribution in [3.8, 4) is 0 Å². The third-order valence-corrected chi connectivity index (χ3v) is 15.5. The van der Waals surface area contributed by atoms with Gasteiger partial charge in [0.15, 0.2) is 53.1 Å². The summed E-state index contributed by atoms with van der Waals surface area (Å²) in [6.07, 6.45) is -11.8. The highest BCUT2D eigenvalue weighted by molar-refractivity contribution is 8.06. The van der Waals surface area contributed by atoms with Gasteiger partial charge in [-0.15, -0.1) is 0 Å². The van der Waals surface area contributed by atoms with Gasteiger partial charge in [-0.3, -0.25) is 45.4 Å². The van der Waals surface area contributed by atoms with Gasteiger partial charge in [0.25, 0.3) is 0 Å². The Kier molecular flexibility index (Phi) is 16.6. The zero-order valence-electron chi connectivity index (χ0n) is 39.0. The van der Waals surface area contributed by atoms with Crippen LogP contribution in [0.2, 0.25) is 0 Å². The molecule has 13 N–H and O–H groups in total. The molecule has 0 spiro atoms. The van der Waals surface area contributed by atoms with Crippen molar-refractivity contribution in [1.82, 2.24) is 58.6 Å². The molecule has 0 aliphatic carbocycles. The van der Waals surface area contributed by atoms with Crippen LogP contribution >= 0.6 is 30.2 Å². The van der Waals surface area contributed by atoms with E-state index in [0.717, 1.165) is 37.0 Å². The number of phosphoric ester groups is 3. The van der Waals surface area contributed by atoms with E-state index < -0.39 is 137 Å². The number of anilines is 3. The number of nitrogens with zero attached hydrogens (tertiary/aromatic N) is 12. The number of rotatable bonds is 23. The van der Waals surface area contributed by atoms with Crippen LogP contribution in [-0.2, 0) is 80.9 Å². The van der Waals surface area contributed by atoms with Crippen LogP contribution in [0.25, 0.3) is 33.5 Å². The number of methoxy groups -OCH3 is 2. The molecule has 0 radical (unpaired) electrons. The SMILES string of the molecule is CO[C@@H]1C(OP(=O)(O)OC[C@H]2O[C@@H](n3cnc4c(N)ncnc43)C(OP(=O)(O)OC[C@H]3O[C@@H](n4cnc5c(N)ncnc54)C(OP(O)(O)=S)[C@H]3OC)[C@H]2O)[C@H](n2cnc3c(N)ncnc32)O[C@@H]1COP(=O)(O)OCCO. The molecule has 0 saturated carbocycles. The molecule has 42 heteroatoms. The maximum atomic E-state index is 14.0. The first-order valence-electron chi connectivity index (χ1n) is 21.8. The van der Waals surface area contributed by atoms with Crippen LogP contribution in [0.15, 0.2) is 38.0 Å². The minimum atomic E-state index is -5.41. The van der Waals surface area contributed by atoms with Crippen molar-refractivity contribution in [2.75, 3.05) is 64.5 Å². The molecule has 416 valence electrons. The van der Waals surface area contributed by atoms with Crippen LogP contribution in [-0.4, -0.2) is 195 Å². The fraction of sp³-hybridized carbons (Fsp3) is 0.559. The van der Waals surface area contributed by atoms with Crippen LogP contribution in [0.1, 0.15) is 18.7 Å². The van der Waals surface area contributed by atoms with Crippen molar-refractivity contribution in [3.05, 3.63) is 38.0 Å². The Morgan fingerprint density at radius 2 is 0.908 bits per heavy atom. The first-order valence-corrected chi connectivity index (χ1v) is 28.9. The minimum Gasteiger partial charge on any atom is -0.394 e. The average Bonchev–Trinajstić information content (AvgIpc) is 4.25. The van der Waals surface area contributed by atoms with Crippen molar-refractivity contribution < 1.29 is 104 Å². The molecule has 3 fully saturated rings. The highest BCUT2D eigenvalue weighted by atomic mass is 32.5. The van der Waals surface area contributed by atoms with Gasteiger partial charge in [-0.1, -0.05) is 0 Å². The summed E-state index contributed by atoms with van der Waals surface area (Å²) in [4.78, 5) is 90.0. The van der Waals surface area contributed by atoms with E-state index >= 15 is 0 Å². The number of nitrogens with two attached hydrogens (primary N) is 3. The molecule has 0 aromatic carbocycles. The fourth-order valence-electron chi connectivity index (χ4n) is 8.51. The zero-order valence-corrected chi connectivity index (χ0v) is 43.4. The number of hydrogen-bond acceptors (Lipinski definition) is 30. The van der Waals surface area contributed by atoms with Gasteiger partial charge in [0, 0.05) is 14.2 Å². The Bertz CT molecular complexity index is 3250. The second-order valence-electron chi connectivity index (χ2n) is 16.4. The Morgan fingerprint density at radius 1 is 0.539 bits per heavy atom. The van der Waals surface area contributed by atoms with Gasteiger partial charge < -0.3 is 75.6 Å². The van der Waals surface area contributed by atoms with E-state index in [0.29, 0.717) is 0 Å². The van der Waals surface area contributed by atoms with Crippen LogP contribution < -0.4 is 17.2 Å². The summed E-state index contributed by atoms with van der Waals surface area (Å²) in [7, 11) is -13.2. The average molecular weight is 1170 g/mol. The first kappa shape index (κ1) is 56.4. The first-order chi connectivity index (χ1) is 36.0. The summed E-state index contributed by atoms with van der Waals surface area (Å²) >= 11 is 4.75. The van der Waals surface area contributed by atoms with E-state index in [2.05, 4.69) is 49.4 Å². The minimum absolute atomic E-state index is 0.00195. The number of aliphatic hydroxyl groups is 2.